The van der Waals surface area contributed by atoms with Gasteiger partial charge in [0.05, 0.1) is 0 Å². The van der Waals surface area contributed by atoms with Gasteiger partial charge in [0.25, 0.3) is 5.52 Å². The fourth-order valence-electron chi connectivity index (χ4n) is 3.17. The van der Waals surface area contributed by atoms with Crippen LogP contribution < -0.4 is 4.40 Å². The highest BCUT2D eigenvalue weighted by Gasteiger charge is 2.34. The number of hydrogen-bond donors (Lipinski definition) is 0. The molecular formula is C16H20NO+. The Morgan fingerprint density at radius 1 is 1.06 bits per heavy atom. The van der Waals surface area contributed by atoms with Gasteiger partial charge in [0.15, 0.2) is 5.69 Å². The molecule has 3 rings (SSSR count). The van der Waals surface area contributed by atoms with Gasteiger partial charge in [-0.25, -0.2) is 0 Å². The van der Waals surface area contributed by atoms with E-state index in [9.17, 15) is 0 Å². The first-order chi connectivity index (χ1) is 8.45. The minimum Gasteiger partial charge on any atom is -0.403 e. The second-order valence-corrected chi connectivity index (χ2v) is 5.55. The molecule has 18 heavy (non-hydrogen) atoms. The molecule has 2 heteroatoms. The fourth-order valence-corrected chi connectivity index (χ4v) is 3.17. The quantitative estimate of drug-likeness (QED) is 0.641. The molecule has 0 amide bonds. The van der Waals surface area contributed by atoms with Crippen molar-refractivity contribution in [3.8, 4) is 0 Å². The summed E-state index contributed by atoms with van der Waals surface area (Å²) in [6, 6.07) is 0. The monoisotopic (exact) mass is 242 g/mol. The number of allylic oxidation sites excluding steroid dienone is 2. The van der Waals surface area contributed by atoms with Crippen molar-refractivity contribution in [1.29, 1.82) is 0 Å². The van der Waals surface area contributed by atoms with Gasteiger partial charge in [-0.05, 0) is 38.8 Å². The lowest BCUT2D eigenvalue weighted by Gasteiger charge is -2.21. The lowest BCUT2D eigenvalue weighted by molar-refractivity contribution is -0.526. The third-order valence-corrected chi connectivity index (χ3v) is 4.87. The van der Waals surface area contributed by atoms with Gasteiger partial charge in [0.2, 0.25) is 5.76 Å². The minimum absolute atomic E-state index is 0.476. The van der Waals surface area contributed by atoms with Gasteiger partial charge < -0.3 is 4.42 Å². The van der Waals surface area contributed by atoms with Crippen LogP contribution >= 0.6 is 0 Å². The van der Waals surface area contributed by atoms with Crippen LogP contribution in [0.3, 0.4) is 0 Å². The zero-order valence-corrected chi connectivity index (χ0v) is 12.0. The normalized spacial score (nSPS) is 18.9. The predicted molar refractivity (Wildman–Crippen MR) is 72.8 cm³/mol. The summed E-state index contributed by atoms with van der Waals surface area (Å²) in [5.74, 6) is 1.52. The van der Waals surface area contributed by atoms with Gasteiger partial charge in [-0.1, -0.05) is 12.5 Å². The molecule has 2 aromatic heterocycles. The minimum atomic E-state index is 0.476. The first kappa shape index (κ1) is 11.5. The van der Waals surface area contributed by atoms with Crippen LogP contribution in [0.1, 0.15) is 54.8 Å². The third kappa shape index (κ3) is 1.16. The molecule has 0 saturated carbocycles. The van der Waals surface area contributed by atoms with Crippen LogP contribution in [0, 0.1) is 20.8 Å². The number of pyridine rings is 1. The predicted octanol–water partition coefficient (Wildman–Crippen LogP) is 3.85. The highest BCUT2D eigenvalue weighted by molar-refractivity contribution is 5.81. The standard InChI is InChI=1S/C16H20NO/c1-8-10(3)14-11(4)9(2)13(6)17-7-18-16(12(8)5)15(14)17/h7,10H,1-6H3/q+1. The molecule has 0 saturated heterocycles. The third-order valence-electron chi connectivity index (χ3n) is 4.87. The van der Waals surface area contributed by atoms with Crippen molar-refractivity contribution in [2.75, 3.05) is 0 Å². The van der Waals surface area contributed by atoms with Crippen LogP contribution in [0.4, 0.5) is 0 Å². The maximum absolute atomic E-state index is 5.82. The summed E-state index contributed by atoms with van der Waals surface area (Å²) < 4.78 is 8.03. The Labute approximate surface area is 108 Å². The van der Waals surface area contributed by atoms with Gasteiger partial charge in [-0.15, -0.1) is 4.40 Å². The van der Waals surface area contributed by atoms with E-state index >= 15 is 0 Å². The van der Waals surface area contributed by atoms with Gasteiger partial charge in [0.1, 0.15) is 0 Å². The van der Waals surface area contributed by atoms with Crippen molar-refractivity contribution < 1.29 is 8.82 Å². The molecule has 1 atom stereocenters. The molecule has 2 heterocycles. The molecule has 1 aliphatic carbocycles. The first-order valence-corrected chi connectivity index (χ1v) is 6.55. The largest absolute Gasteiger partial charge is 0.403 e. The summed E-state index contributed by atoms with van der Waals surface area (Å²) in [7, 11) is 0. The number of oxazole rings is 1. The first-order valence-electron chi connectivity index (χ1n) is 6.55. The van der Waals surface area contributed by atoms with Crippen LogP contribution in [-0.2, 0) is 0 Å². The van der Waals surface area contributed by atoms with Crippen molar-refractivity contribution in [2.45, 2.75) is 47.5 Å². The number of aromatic nitrogens is 1. The molecule has 1 aliphatic rings. The molecule has 0 aromatic carbocycles. The lowest BCUT2D eigenvalue weighted by Crippen LogP contribution is -2.28. The molecule has 2 aromatic rings. The molecule has 0 bridgehead atoms. The van der Waals surface area contributed by atoms with E-state index in [1.165, 1.54) is 39.0 Å². The Morgan fingerprint density at radius 3 is 2.39 bits per heavy atom. The Balaban J connectivity index is 2.58. The second kappa shape index (κ2) is 3.47. The Bertz CT molecular complexity index is 704. The Morgan fingerprint density at radius 2 is 1.72 bits per heavy atom. The topological polar surface area (TPSA) is 17.2 Å². The van der Waals surface area contributed by atoms with E-state index in [0.29, 0.717) is 5.92 Å². The van der Waals surface area contributed by atoms with E-state index in [1.807, 2.05) is 6.39 Å². The average Bonchev–Trinajstić information content (AvgIpc) is 2.78. The van der Waals surface area contributed by atoms with E-state index in [4.69, 9.17) is 4.42 Å². The van der Waals surface area contributed by atoms with E-state index in [0.717, 1.165) is 5.76 Å². The molecule has 2 nitrogen and oxygen atoms in total. The van der Waals surface area contributed by atoms with Crippen LogP contribution in [0.2, 0.25) is 0 Å². The SMILES string of the molecule is CC1=C(C)C(C)c2c(C)c(C)c(C)[n+]3coc1c23. The van der Waals surface area contributed by atoms with Crippen LogP contribution in [0.25, 0.3) is 11.1 Å². The molecule has 0 spiro atoms. The van der Waals surface area contributed by atoms with Crippen molar-refractivity contribution in [3.63, 3.8) is 0 Å². The summed E-state index contributed by atoms with van der Waals surface area (Å²) in [6.45, 7) is 13.3. The van der Waals surface area contributed by atoms with Gasteiger partial charge >= 0.3 is 6.39 Å². The Hall–Kier alpha value is -1.57. The maximum Gasteiger partial charge on any atom is 0.341 e. The van der Waals surface area contributed by atoms with Gasteiger partial charge in [0, 0.05) is 24.0 Å². The van der Waals surface area contributed by atoms with Gasteiger partial charge in [-0.2, -0.15) is 0 Å². The number of aryl methyl sites for hydroxylation is 1. The maximum atomic E-state index is 5.82. The van der Waals surface area contributed by atoms with Crippen molar-refractivity contribution in [2.24, 2.45) is 0 Å². The van der Waals surface area contributed by atoms with Crippen LogP contribution in [0.15, 0.2) is 16.4 Å². The molecule has 0 fully saturated rings. The van der Waals surface area contributed by atoms with E-state index in [-0.39, 0.29) is 0 Å². The molecule has 94 valence electrons. The smallest absolute Gasteiger partial charge is 0.341 e. The van der Waals surface area contributed by atoms with Crippen molar-refractivity contribution in [1.82, 2.24) is 0 Å². The highest BCUT2D eigenvalue weighted by Crippen LogP contribution is 2.41. The van der Waals surface area contributed by atoms with E-state index < -0.39 is 0 Å². The molecule has 0 N–H and O–H groups in total. The molecule has 0 aliphatic heterocycles. The summed E-state index contributed by atoms with van der Waals surface area (Å²) >= 11 is 0. The summed E-state index contributed by atoms with van der Waals surface area (Å²) in [4.78, 5) is 0. The van der Waals surface area contributed by atoms with Gasteiger partial charge in [-0.3, -0.25) is 0 Å². The highest BCUT2D eigenvalue weighted by atomic mass is 16.3. The summed E-state index contributed by atoms with van der Waals surface area (Å²) in [6.07, 6.45) is 1.85. The number of rotatable bonds is 0. The van der Waals surface area contributed by atoms with E-state index in [1.54, 1.807) is 0 Å². The lowest BCUT2D eigenvalue weighted by atomic mass is 9.81. The van der Waals surface area contributed by atoms with Crippen LogP contribution in [-0.4, -0.2) is 0 Å². The summed E-state index contributed by atoms with van der Waals surface area (Å²) in [5, 5.41) is 0. The zero-order valence-electron chi connectivity index (χ0n) is 12.0. The number of nitrogens with zero attached hydrogens (tertiary/aromatic N) is 1. The molecule has 1 unspecified atom stereocenters. The van der Waals surface area contributed by atoms with Crippen LogP contribution in [0.5, 0.6) is 0 Å². The van der Waals surface area contributed by atoms with Crippen molar-refractivity contribution >= 4 is 11.1 Å². The Kier molecular flexibility index (Phi) is 2.22. The summed E-state index contributed by atoms with van der Waals surface area (Å²) in [5.41, 5.74) is 9.48. The second-order valence-electron chi connectivity index (χ2n) is 5.55. The van der Waals surface area contributed by atoms with Crippen molar-refractivity contribution in [3.05, 3.63) is 40.1 Å². The molecule has 0 radical (unpaired) electrons. The van der Waals surface area contributed by atoms with E-state index in [2.05, 4.69) is 45.9 Å². The number of hydrogen-bond acceptors (Lipinski definition) is 1. The average molecular weight is 242 g/mol. The fraction of sp³-hybridized carbons (Fsp3) is 0.438. The molecular weight excluding hydrogens is 222 g/mol. The zero-order chi connectivity index (χ0) is 13.2.